The zero-order chi connectivity index (χ0) is 14.0. The van der Waals surface area contributed by atoms with Gasteiger partial charge in [-0.1, -0.05) is 35.2 Å². The highest BCUT2D eigenvalue weighted by Gasteiger charge is 2.27. The minimum absolute atomic E-state index is 0. The third kappa shape index (κ3) is 3.45. The number of benzene rings is 1. The number of nitrogens with two attached hydrogens (primary N) is 1. The standard InChI is InChI=1S/C14H18BrNO3.ClH/c15-10-7-6-9(14(18)19)13(17)11(10)12(16)8-4-2-1-3-5-8;/h6-8,12,17H,1-5,16H2,(H,18,19);1H/t12-;/m1./s1. The lowest BCUT2D eigenvalue weighted by Crippen LogP contribution is -2.24. The highest BCUT2D eigenvalue weighted by Crippen LogP contribution is 2.40. The van der Waals surface area contributed by atoms with Gasteiger partial charge in [0.25, 0.3) is 0 Å². The van der Waals surface area contributed by atoms with Crippen molar-refractivity contribution in [2.45, 2.75) is 38.1 Å². The molecule has 1 aliphatic rings. The van der Waals surface area contributed by atoms with Crippen molar-refractivity contribution in [3.63, 3.8) is 0 Å². The Kier molecular flexibility index (Phi) is 6.30. The van der Waals surface area contributed by atoms with Crippen molar-refractivity contribution < 1.29 is 15.0 Å². The van der Waals surface area contributed by atoms with Gasteiger partial charge in [0.1, 0.15) is 11.3 Å². The Balaban J connectivity index is 0.00000200. The Morgan fingerprint density at radius 2 is 1.90 bits per heavy atom. The van der Waals surface area contributed by atoms with E-state index in [1.807, 2.05) is 0 Å². The molecule has 1 aromatic carbocycles. The lowest BCUT2D eigenvalue weighted by molar-refractivity contribution is 0.0693. The summed E-state index contributed by atoms with van der Waals surface area (Å²) in [6, 6.07) is 2.70. The molecule has 0 aromatic heterocycles. The van der Waals surface area contributed by atoms with E-state index in [0.717, 1.165) is 25.7 Å². The highest BCUT2D eigenvalue weighted by atomic mass is 79.9. The molecule has 1 saturated carbocycles. The molecule has 0 spiro atoms. The third-order valence-electron chi connectivity index (χ3n) is 3.89. The number of halogens is 2. The fourth-order valence-electron chi connectivity index (χ4n) is 2.80. The van der Waals surface area contributed by atoms with Crippen molar-refractivity contribution >= 4 is 34.3 Å². The van der Waals surface area contributed by atoms with E-state index < -0.39 is 5.97 Å². The second-order valence-electron chi connectivity index (χ2n) is 5.09. The average Bonchev–Trinajstić information content (AvgIpc) is 2.39. The molecule has 0 radical (unpaired) electrons. The van der Waals surface area contributed by atoms with Crippen LogP contribution in [0.15, 0.2) is 16.6 Å². The third-order valence-corrected chi connectivity index (χ3v) is 4.58. The number of carboxylic acids is 1. The topological polar surface area (TPSA) is 83.6 Å². The first-order valence-electron chi connectivity index (χ1n) is 6.52. The second-order valence-corrected chi connectivity index (χ2v) is 5.94. The van der Waals surface area contributed by atoms with Gasteiger partial charge in [-0.15, -0.1) is 12.4 Å². The largest absolute Gasteiger partial charge is 0.507 e. The van der Waals surface area contributed by atoms with Crippen LogP contribution in [-0.2, 0) is 0 Å². The van der Waals surface area contributed by atoms with Crippen LogP contribution in [0, 0.1) is 5.92 Å². The van der Waals surface area contributed by atoms with Gasteiger partial charge in [0.05, 0.1) is 0 Å². The SMILES string of the molecule is Cl.N[C@@H](c1c(Br)ccc(C(=O)O)c1O)C1CCCCC1. The summed E-state index contributed by atoms with van der Waals surface area (Å²) in [7, 11) is 0. The van der Waals surface area contributed by atoms with Crippen LogP contribution in [0.1, 0.15) is 54.1 Å². The summed E-state index contributed by atoms with van der Waals surface area (Å²) in [5.74, 6) is -1.04. The Hall–Kier alpha value is -0.780. The van der Waals surface area contributed by atoms with Crippen molar-refractivity contribution in [2.75, 3.05) is 0 Å². The summed E-state index contributed by atoms with van der Waals surface area (Å²) < 4.78 is 0.674. The molecular formula is C14H19BrClNO3. The minimum atomic E-state index is -1.14. The van der Waals surface area contributed by atoms with Gasteiger partial charge in [-0.25, -0.2) is 4.79 Å². The summed E-state index contributed by atoms with van der Waals surface area (Å²) in [5.41, 5.74) is 6.68. The van der Waals surface area contributed by atoms with E-state index >= 15 is 0 Å². The van der Waals surface area contributed by atoms with Crippen LogP contribution in [0.4, 0.5) is 0 Å². The quantitative estimate of drug-likeness (QED) is 0.760. The molecule has 0 heterocycles. The van der Waals surface area contributed by atoms with Crippen LogP contribution in [0.2, 0.25) is 0 Å². The number of carbonyl (C=O) groups is 1. The molecule has 1 aliphatic carbocycles. The summed E-state index contributed by atoms with van der Waals surface area (Å²) >= 11 is 3.36. The molecule has 0 unspecified atom stereocenters. The number of hydrogen-bond donors (Lipinski definition) is 3. The van der Waals surface area contributed by atoms with Crippen molar-refractivity contribution in [3.05, 3.63) is 27.7 Å². The van der Waals surface area contributed by atoms with Gasteiger partial charge >= 0.3 is 5.97 Å². The Labute approximate surface area is 132 Å². The molecule has 0 bridgehead atoms. The fourth-order valence-corrected chi connectivity index (χ4v) is 3.39. The number of phenols is 1. The summed E-state index contributed by atoms with van der Waals surface area (Å²) in [4.78, 5) is 11.1. The van der Waals surface area contributed by atoms with Crippen LogP contribution in [0.3, 0.4) is 0 Å². The van der Waals surface area contributed by atoms with Gasteiger partial charge in [-0.3, -0.25) is 0 Å². The first-order chi connectivity index (χ1) is 9.02. The molecule has 0 amide bonds. The van der Waals surface area contributed by atoms with E-state index in [2.05, 4.69) is 15.9 Å². The van der Waals surface area contributed by atoms with Crippen LogP contribution in [0.5, 0.6) is 5.75 Å². The number of rotatable bonds is 3. The maximum Gasteiger partial charge on any atom is 0.339 e. The first-order valence-corrected chi connectivity index (χ1v) is 7.32. The van der Waals surface area contributed by atoms with Crippen LogP contribution >= 0.6 is 28.3 Å². The van der Waals surface area contributed by atoms with Crippen LogP contribution < -0.4 is 5.73 Å². The average molecular weight is 365 g/mol. The lowest BCUT2D eigenvalue weighted by Gasteiger charge is -2.29. The normalized spacial score (nSPS) is 17.3. The highest BCUT2D eigenvalue weighted by molar-refractivity contribution is 9.10. The van der Waals surface area contributed by atoms with E-state index in [4.69, 9.17) is 10.8 Å². The summed E-state index contributed by atoms with van der Waals surface area (Å²) in [6.07, 6.45) is 5.59. The van der Waals surface area contributed by atoms with Gasteiger partial charge in [-0.2, -0.15) is 0 Å². The van der Waals surface area contributed by atoms with E-state index in [0.29, 0.717) is 16.0 Å². The molecule has 0 aliphatic heterocycles. The van der Waals surface area contributed by atoms with Gasteiger partial charge in [0.2, 0.25) is 0 Å². The van der Waals surface area contributed by atoms with Gasteiger partial charge in [0, 0.05) is 16.1 Å². The molecule has 6 heteroatoms. The van der Waals surface area contributed by atoms with E-state index in [9.17, 15) is 9.90 Å². The number of aromatic hydroxyl groups is 1. The van der Waals surface area contributed by atoms with Crippen LogP contribution in [-0.4, -0.2) is 16.2 Å². The summed E-state index contributed by atoms with van der Waals surface area (Å²) in [5, 5.41) is 19.2. The fraction of sp³-hybridized carbons (Fsp3) is 0.500. The molecule has 112 valence electrons. The zero-order valence-corrected chi connectivity index (χ0v) is 13.4. The Morgan fingerprint density at radius 1 is 1.30 bits per heavy atom. The van der Waals surface area contributed by atoms with Crippen molar-refractivity contribution in [2.24, 2.45) is 11.7 Å². The molecule has 1 atom stereocenters. The Morgan fingerprint density at radius 3 is 2.45 bits per heavy atom. The maximum absolute atomic E-state index is 11.1. The molecule has 4 nitrogen and oxygen atoms in total. The molecule has 2 rings (SSSR count). The zero-order valence-electron chi connectivity index (χ0n) is 11.0. The van der Waals surface area contributed by atoms with Gasteiger partial charge in [-0.05, 0) is 30.9 Å². The molecule has 1 aromatic rings. The monoisotopic (exact) mass is 363 g/mol. The molecular weight excluding hydrogens is 346 g/mol. The lowest BCUT2D eigenvalue weighted by atomic mass is 9.81. The van der Waals surface area contributed by atoms with Gasteiger partial charge in [0.15, 0.2) is 0 Å². The molecule has 4 N–H and O–H groups in total. The molecule has 0 saturated heterocycles. The van der Waals surface area contributed by atoms with E-state index in [1.54, 1.807) is 6.07 Å². The molecule has 1 fully saturated rings. The smallest absolute Gasteiger partial charge is 0.339 e. The van der Waals surface area contributed by atoms with Crippen molar-refractivity contribution in [3.8, 4) is 5.75 Å². The second kappa shape index (κ2) is 7.29. The number of carboxylic acid groups (broad SMARTS) is 1. The van der Waals surface area contributed by atoms with Gasteiger partial charge < -0.3 is 15.9 Å². The van der Waals surface area contributed by atoms with Crippen molar-refractivity contribution in [1.82, 2.24) is 0 Å². The Bertz CT molecular complexity index is 490. The number of hydrogen-bond acceptors (Lipinski definition) is 3. The molecule has 20 heavy (non-hydrogen) atoms. The first kappa shape index (κ1) is 17.3. The maximum atomic E-state index is 11.1. The van der Waals surface area contributed by atoms with E-state index in [-0.39, 0.29) is 29.8 Å². The summed E-state index contributed by atoms with van der Waals surface area (Å²) in [6.45, 7) is 0. The predicted octanol–water partition coefficient (Wildman–Crippen LogP) is 3.85. The minimum Gasteiger partial charge on any atom is -0.507 e. The van der Waals surface area contributed by atoms with Crippen molar-refractivity contribution in [1.29, 1.82) is 0 Å². The van der Waals surface area contributed by atoms with Crippen LogP contribution in [0.25, 0.3) is 0 Å². The number of aromatic carboxylic acids is 1. The predicted molar refractivity (Wildman–Crippen MR) is 83.5 cm³/mol. The van der Waals surface area contributed by atoms with E-state index in [1.165, 1.54) is 12.5 Å².